The molecule has 27 heavy (non-hydrogen) atoms. The lowest BCUT2D eigenvalue weighted by molar-refractivity contribution is -0.123. The number of thiophene rings is 1. The number of amides is 2. The molecule has 5 heteroatoms. The maximum atomic E-state index is 13.0. The molecule has 2 heterocycles. The van der Waals surface area contributed by atoms with Gasteiger partial charge in [0.25, 0.3) is 5.91 Å². The maximum absolute atomic E-state index is 13.0. The van der Waals surface area contributed by atoms with E-state index in [1.54, 1.807) is 4.90 Å². The molecule has 3 aromatic rings. The molecule has 0 N–H and O–H groups in total. The molecule has 1 fully saturated rings. The number of anilines is 1. The number of carbonyl (C=O) groups is 2. The first kappa shape index (κ1) is 17.7. The lowest BCUT2D eigenvalue weighted by Crippen LogP contribution is -2.43. The van der Waals surface area contributed by atoms with Crippen LogP contribution in [-0.2, 0) is 4.79 Å². The van der Waals surface area contributed by atoms with Crippen molar-refractivity contribution in [1.29, 1.82) is 0 Å². The molecule has 1 aliphatic heterocycles. The van der Waals surface area contributed by atoms with Crippen molar-refractivity contribution in [3.63, 3.8) is 0 Å². The highest BCUT2D eigenvalue weighted by Gasteiger charge is 2.30. The van der Waals surface area contributed by atoms with Crippen molar-refractivity contribution in [3.05, 3.63) is 64.9 Å². The molecular weight excluding hydrogens is 356 g/mol. The van der Waals surface area contributed by atoms with Crippen molar-refractivity contribution in [1.82, 2.24) is 4.90 Å². The first-order chi connectivity index (χ1) is 13.1. The second kappa shape index (κ2) is 7.53. The third-order valence-corrected chi connectivity index (χ3v) is 6.17. The summed E-state index contributed by atoms with van der Waals surface area (Å²) in [5.74, 6) is 0.182. The molecule has 4 rings (SSSR count). The van der Waals surface area contributed by atoms with Crippen LogP contribution in [0.5, 0.6) is 0 Å². The van der Waals surface area contributed by atoms with Crippen LogP contribution in [0.15, 0.2) is 60.0 Å². The number of hydrogen-bond donors (Lipinski definition) is 0. The van der Waals surface area contributed by atoms with Gasteiger partial charge in [-0.2, -0.15) is 0 Å². The molecule has 1 aromatic heterocycles. The van der Waals surface area contributed by atoms with Crippen LogP contribution < -0.4 is 4.90 Å². The predicted molar refractivity (Wildman–Crippen MR) is 110 cm³/mol. The molecule has 0 atom stereocenters. The van der Waals surface area contributed by atoms with Crippen molar-refractivity contribution < 1.29 is 9.59 Å². The number of likely N-dealkylation sites (tertiary alicyclic amines) is 1. The zero-order chi connectivity index (χ0) is 18.8. The Labute approximate surface area is 163 Å². The average Bonchev–Trinajstić information content (AvgIpc) is 3.27. The Hall–Kier alpha value is -2.66. The standard InChI is InChI=1S/C22H22N2O2S/c1-23(19-9-8-16-5-2-3-6-18(16)15-19)21(25)17-10-12-24(13-11-17)22(26)20-7-4-14-27-20/h2-9,14-15,17H,10-13H2,1H3. The number of carbonyl (C=O) groups excluding carboxylic acids is 2. The lowest BCUT2D eigenvalue weighted by Gasteiger charge is -2.33. The van der Waals surface area contributed by atoms with Crippen LogP contribution in [0.4, 0.5) is 5.69 Å². The van der Waals surface area contributed by atoms with Crippen molar-refractivity contribution >= 4 is 39.6 Å². The van der Waals surface area contributed by atoms with E-state index in [0.29, 0.717) is 25.9 Å². The van der Waals surface area contributed by atoms with Crippen LogP contribution in [0.2, 0.25) is 0 Å². The Morgan fingerprint density at radius 2 is 1.74 bits per heavy atom. The summed E-state index contributed by atoms with van der Waals surface area (Å²) < 4.78 is 0. The lowest BCUT2D eigenvalue weighted by atomic mass is 9.95. The number of hydrogen-bond acceptors (Lipinski definition) is 3. The second-order valence-electron chi connectivity index (χ2n) is 6.97. The van der Waals surface area contributed by atoms with E-state index in [4.69, 9.17) is 0 Å². The van der Waals surface area contributed by atoms with E-state index in [1.807, 2.05) is 47.7 Å². The third kappa shape index (κ3) is 3.60. The fourth-order valence-electron chi connectivity index (χ4n) is 3.67. The molecule has 0 bridgehead atoms. The highest BCUT2D eigenvalue weighted by atomic mass is 32.1. The van der Waals surface area contributed by atoms with Crippen LogP contribution in [0, 0.1) is 5.92 Å². The molecule has 2 amide bonds. The Bertz CT molecular complexity index is 959. The summed E-state index contributed by atoms with van der Waals surface area (Å²) in [6.45, 7) is 1.28. The summed E-state index contributed by atoms with van der Waals surface area (Å²) in [5, 5.41) is 4.22. The summed E-state index contributed by atoms with van der Waals surface area (Å²) in [5.41, 5.74) is 0.913. The summed E-state index contributed by atoms with van der Waals surface area (Å²) in [7, 11) is 1.84. The van der Waals surface area contributed by atoms with E-state index in [1.165, 1.54) is 16.7 Å². The minimum atomic E-state index is -0.0335. The molecule has 0 spiro atoms. The van der Waals surface area contributed by atoms with Crippen LogP contribution in [0.25, 0.3) is 10.8 Å². The van der Waals surface area contributed by atoms with Crippen LogP contribution >= 0.6 is 11.3 Å². The van der Waals surface area contributed by atoms with Gasteiger partial charge in [0, 0.05) is 31.7 Å². The van der Waals surface area contributed by atoms with Crippen molar-refractivity contribution in [2.75, 3.05) is 25.0 Å². The number of nitrogens with zero attached hydrogens (tertiary/aromatic N) is 2. The van der Waals surface area contributed by atoms with Gasteiger partial charge in [-0.25, -0.2) is 0 Å². The number of fused-ring (bicyclic) bond motifs is 1. The maximum Gasteiger partial charge on any atom is 0.263 e. The van der Waals surface area contributed by atoms with Gasteiger partial charge in [0.2, 0.25) is 5.91 Å². The Morgan fingerprint density at radius 1 is 1.00 bits per heavy atom. The first-order valence-electron chi connectivity index (χ1n) is 9.22. The predicted octanol–water partition coefficient (Wildman–Crippen LogP) is 4.42. The number of rotatable bonds is 3. The van der Waals surface area contributed by atoms with Gasteiger partial charge in [0.15, 0.2) is 0 Å². The van der Waals surface area contributed by atoms with Gasteiger partial charge in [0.05, 0.1) is 4.88 Å². The molecule has 1 saturated heterocycles. The van der Waals surface area contributed by atoms with E-state index in [9.17, 15) is 9.59 Å². The Morgan fingerprint density at radius 3 is 2.44 bits per heavy atom. The van der Waals surface area contributed by atoms with Crippen LogP contribution in [0.1, 0.15) is 22.5 Å². The molecule has 0 saturated carbocycles. The Kier molecular flexibility index (Phi) is 4.94. The zero-order valence-electron chi connectivity index (χ0n) is 15.3. The van der Waals surface area contributed by atoms with E-state index in [-0.39, 0.29) is 17.7 Å². The van der Waals surface area contributed by atoms with Crippen molar-refractivity contribution in [2.45, 2.75) is 12.8 Å². The smallest absolute Gasteiger partial charge is 0.263 e. The normalized spacial score (nSPS) is 15.1. The van der Waals surface area contributed by atoms with Gasteiger partial charge >= 0.3 is 0 Å². The molecule has 0 aliphatic carbocycles. The molecule has 4 nitrogen and oxygen atoms in total. The molecule has 0 radical (unpaired) electrons. The largest absolute Gasteiger partial charge is 0.338 e. The first-order valence-corrected chi connectivity index (χ1v) is 10.1. The summed E-state index contributed by atoms with van der Waals surface area (Å²) in [4.78, 5) is 29.8. The monoisotopic (exact) mass is 378 g/mol. The minimum Gasteiger partial charge on any atom is -0.338 e. The van der Waals surface area contributed by atoms with Gasteiger partial charge in [0.1, 0.15) is 0 Å². The zero-order valence-corrected chi connectivity index (χ0v) is 16.1. The number of piperidine rings is 1. The number of benzene rings is 2. The third-order valence-electron chi connectivity index (χ3n) is 5.31. The van der Waals surface area contributed by atoms with Gasteiger partial charge in [-0.15, -0.1) is 11.3 Å². The summed E-state index contributed by atoms with van der Waals surface area (Å²) in [6, 6.07) is 18.0. The van der Waals surface area contributed by atoms with E-state index in [0.717, 1.165) is 16.0 Å². The fourth-order valence-corrected chi connectivity index (χ4v) is 4.36. The van der Waals surface area contributed by atoms with Gasteiger partial charge in [-0.1, -0.05) is 36.4 Å². The molecule has 2 aromatic carbocycles. The molecule has 138 valence electrons. The topological polar surface area (TPSA) is 40.6 Å². The SMILES string of the molecule is CN(C(=O)C1CCN(C(=O)c2cccs2)CC1)c1ccc2ccccc2c1. The average molecular weight is 378 g/mol. The summed E-state index contributed by atoms with van der Waals surface area (Å²) >= 11 is 1.47. The molecule has 0 unspecified atom stereocenters. The highest BCUT2D eigenvalue weighted by Crippen LogP contribution is 2.26. The van der Waals surface area contributed by atoms with Crippen molar-refractivity contribution in [2.24, 2.45) is 5.92 Å². The van der Waals surface area contributed by atoms with Crippen molar-refractivity contribution in [3.8, 4) is 0 Å². The minimum absolute atomic E-state index is 0.0335. The Balaban J connectivity index is 1.41. The van der Waals surface area contributed by atoms with Crippen LogP contribution in [0.3, 0.4) is 0 Å². The molecular formula is C22H22N2O2S. The van der Waals surface area contributed by atoms with E-state index >= 15 is 0 Å². The fraction of sp³-hybridized carbons (Fsp3) is 0.273. The quantitative estimate of drug-likeness (QED) is 0.677. The van der Waals surface area contributed by atoms with E-state index < -0.39 is 0 Å². The van der Waals surface area contributed by atoms with Gasteiger partial charge < -0.3 is 9.80 Å². The van der Waals surface area contributed by atoms with Gasteiger partial charge in [-0.05, 0) is 47.2 Å². The second-order valence-corrected chi connectivity index (χ2v) is 7.92. The van der Waals surface area contributed by atoms with Gasteiger partial charge in [-0.3, -0.25) is 9.59 Å². The van der Waals surface area contributed by atoms with E-state index in [2.05, 4.69) is 24.3 Å². The highest BCUT2D eigenvalue weighted by molar-refractivity contribution is 7.12. The summed E-state index contributed by atoms with van der Waals surface area (Å²) in [6.07, 6.45) is 1.43. The van der Waals surface area contributed by atoms with Crippen LogP contribution in [-0.4, -0.2) is 36.9 Å². The molecule has 1 aliphatic rings.